The van der Waals surface area contributed by atoms with Crippen molar-refractivity contribution in [3.05, 3.63) is 47.5 Å². The van der Waals surface area contributed by atoms with Crippen LogP contribution in [0, 0.1) is 0 Å². The summed E-state index contributed by atoms with van der Waals surface area (Å²) < 4.78 is 5.22. The van der Waals surface area contributed by atoms with Crippen molar-refractivity contribution in [2.75, 3.05) is 42.3 Å². The zero-order chi connectivity index (χ0) is 18.2. The Morgan fingerprint density at radius 3 is 2.40 bits per heavy atom. The first-order valence-corrected chi connectivity index (χ1v) is 8.67. The fourth-order valence-corrected chi connectivity index (χ4v) is 2.71. The summed E-state index contributed by atoms with van der Waals surface area (Å²) in [6.45, 7) is 6.34. The van der Waals surface area contributed by atoms with E-state index in [1.54, 1.807) is 25.3 Å². The van der Waals surface area contributed by atoms with Gasteiger partial charge in [-0.05, 0) is 56.3 Å². The molecule has 1 amide bonds. The molecule has 0 spiro atoms. The first-order chi connectivity index (χ1) is 12.1. The number of benzene rings is 2. The van der Waals surface area contributed by atoms with E-state index in [4.69, 9.17) is 16.3 Å². The Labute approximate surface area is 153 Å². The first-order valence-electron chi connectivity index (χ1n) is 8.29. The lowest BCUT2D eigenvalue weighted by atomic mass is 10.2. The van der Waals surface area contributed by atoms with Crippen LogP contribution < -0.4 is 20.3 Å². The molecule has 134 valence electrons. The third-order valence-electron chi connectivity index (χ3n) is 3.88. The van der Waals surface area contributed by atoms with Crippen LogP contribution in [-0.2, 0) is 4.79 Å². The lowest BCUT2D eigenvalue weighted by Gasteiger charge is -2.21. The van der Waals surface area contributed by atoms with E-state index in [2.05, 4.69) is 29.4 Å². The summed E-state index contributed by atoms with van der Waals surface area (Å²) >= 11 is 5.97. The zero-order valence-electron chi connectivity index (χ0n) is 14.8. The van der Waals surface area contributed by atoms with Crippen LogP contribution in [0.15, 0.2) is 42.5 Å². The highest BCUT2D eigenvalue weighted by molar-refractivity contribution is 6.31. The van der Waals surface area contributed by atoms with Gasteiger partial charge in [-0.3, -0.25) is 4.79 Å². The number of methoxy groups -OCH3 is 1. The molecule has 0 bridgehead atoms. The smallest absolute Gasteiger partial charge is 0.243 e. The Morgan fingerprint density at radius 2 is 1.80 bits per heavy atom. The van der Waals surface area contributed by atoms with Crippen LogP contribution in [0.4, 0.5) is 17.1 Å². The van der Waals surface area contributed by atoms with E-state index in [9.17, 15) is 4.79 Å². The molecule has 2 aromatic carbocycles. The second-order valence-electron chi connectivity index (χ2n) is 5.47. The maximum Gasteiger partial charge on any atom is 0.243 e. The van der Waals surface area contributed by atoms with E-state index in [1.807, 2.05) is 24.3 Å². The minimum atomic E-state index is -0.173. The molecule has 6 heteroatoms. The van der Waals surface area contributed by atoms with E-state index in [-0.39, 0.29) is 12.5 Å². The maximum atomic E-state index is 12.2. The predicted molar refractivity (Wildman–Crippen MR) is 105 cm³/mol. The summed E-state index contributed by atoms with van der Waals surface area (Å²) in [7, 11) is 1.55. The second kappa shape index (κ2) is 9.18. The zero-order valence-corrected chi connectivity index (χ0v) is 15.6. The molecule has 0 aliphatic carbocycles. The summed E-state index contributed by atoms with van der Waals surface area (Å²) in [5.74, 6) is 0.398. The van der Waals surface area contributed by atoms with Crippen LogP contribution in [-0.4, -0.2) is 32.7 Å². The van der Waals surface area contributed by atoms with E-state index in [0.29, 0.717) is 16.5 Å². The normalized spacial score (nSPS) is 10.2. The minimum Gasteiger partial charge on any atom is -0.495 e. The largest absolute Gasteiger partial charge is 0.495 e. The monoisotopic (exact) mass is 361 g/mol. The fourth-order valence-electron chi connectivity index (χ4n) is 2.53. The number of carbonyl (C=O) groups is 1. The molecule has 25 heavy (non-hydrogen) atoms. The van der Waals surface area contributed by atoms with E-state index >= 15 is 0 Å². The summed E-state index contributed by atoms with van der Waals surface area (Å²) in [6, 6.07) is 13.1. The molecule has 0 saturated heterocycles. The molecule has 0 fully saturated rings. The molecular weight excluding hydrogens is 338 g/mol. The van der Waals surface area contributed by atoms with Gasteiger partial charge < -0.3 is 20.3 Å². The highest BCUT2D eigenvalue weighted by Gasteiger charge is 2.08. The van der Waals surface area contributed by atoms with Gasteiger partial charge in [-0.2, -0.15) is 0 Å². The Balaban J connectivity index is 1.93. The Morgan fingerprint density at radius 1 is 1.12 bits per heavy atom. The van der Waals surface area contributed by atoms with Gasteiger partial charge in [0.25, 0.3) is 0 Å². The van der Waals surface area contributed by atoms with E-state index in [0.717, 1.165) is 18.8 Å². The molecule has 0 unspecified atom stereocenters. The number of rotatable bonds is 8. The highest BCUT2D eigenvalue weighted by atomic mass is 35.5. The molecule has 0 aliphatic heterocycles. The van der Waals surface area contributed by atoms with Crippen molar-refractivity contribution in [2.24, 2.45) is 0 Å². The van der Waals surface area contributed by atoms with Crippen molar-refractivity contribution in [1.82, 2.24) is 0 Å². The number of ether oxygens (including phenoxy) is 1. The van der Waals surface area contributed by atoms with Crippen molar-refractivity contribution in [1.29, 1.82) is 0 Å². The van der Waals surface area contributed by atoms with Crippen LogP contribution >= 0.6 is 11.6 Å². The molecule has 0 aromatic heterocycles. The van der Waals surface area contributed by atoms with Crippen LogP contribution in [0.5, 0.6) is 5.75 Å². The maximum absolute atomic E-state index is 12.2. The quantitative estimate of drug-likeness (QED) is 0.738. The van der Waals surface area contributed by atoms with Gasteiger partial charge in [0.2, 0.25) is 5.91 Å². The molecule has 2 aromatic rings. The summed E-state index contributed by atoms with van der Waals surface area (Å²) in [5, 5.41) is 6.45. The minimum absolute atomic E-state index is 0.153. The number of nitrogens with zero attached hydrogens (tertiary/aromatic N) is 1. The van der Waals surface area contributed by atoms with Crippen molar-refractivity contribution in [3.8, 4) is 5.75 Å². The first kappa shape index (κ1) is 18.9. The number of amides is 1. The van der Waals surface area contributed by atoms with Gasteiger partial charge in [-0.1, -0.05) is 11.6 Å². The Bertz CT molecular complexity index is 700. The van der Waals surface area contributed by atoms with Gasteiger partial charge >= 0.3 is 0 Å². The molecule has 0 aliphatic rings. The van der Waals surface area contributed by atoms with Crippen molar-refractivity contribution < 1.29 is 9.53 Å². The predicted octanol–water partition coefficient (Wildman–Crippen LogP) is 4.25. The van der Waals surface area contributed by atoms with Crippen molar-refractivity contribution >= 4 is 34.6 Å². The highest BCUT2D eigenvalue weighted by Crippen LogP contribution is 2.27. The summed E-state index contributed by atoms with van der Waals surface area (Å²) in [5.41, 5.74) is 2.62. The number of halogens is 1. The number of anilines is 3. The molecule has 0 radical (unpaired) electrons. The number of hydrogen-bond acceptors (Lipinski definition) is 4. The molecule has 0 heterocycles. The van der Waals surface area contributed by atoms with Gasteiger partial charge in [0.1, 0.15) is 5.75 Å². The summed E-state index contributed by atoms with van der Waals surface area (Å²) in [6.07, 6.45) is 0. The SMILES string of the molecule is CCN(CC)c1ccc(NCC(=O)Nc2cc(Cl)ccc2OC)cc1. The van der Waals surface area contributed by atoms with Gasteiger partial charge in [0.15, 0.2) is 0 Å². The van der Waals surface area contributed by atoms with Crippen LogP contribution in [0.1, 0.15) is 13.8 Å². The standard InChI is InChI=1S/C19H24ClN3O2/c1-4-23(5-2)16-9-7-15(8-10-16)21-13-19(24)22-17-12-14(20)6-11-18(17)25-3/h6-12,21H,4-5,13H2,1-3H3,(H,22,24). The van der Waals surface area contributed by atoms with Crippen LogP contribution in [0.25, 0.3) is 0 Å². The number of nitrogens with one attached hydrogen (secondary N) is 2. The van der Waals surface area contributed by atoms with E-state index in [1.165, 1.54) is 5.69 Å². The van der Waals surface area contributed by atoms with Gasteiger partial charge in [0.05, 0.1) is 19.3 Å². The van der Waals surface area contributed by atoms with Gasteiger partial charge in [-0.15, -0.1) is 0 Å². The molecule has 0 atom stereocenters. The van der Waals surface area contributed by atoms with Gasteiger partial charge in [-0.25, -0.2) is 0 Å². The third-order valence-corrected chi connectivity index (χ3v) is 4.12. The molecular formula is C19H24ClN3O2. The fraction of sp³-hybridized carbons (Fsp3) is 0.316. The number of hydrogen-bond donors (Lipinski definition) is 2. The van der Waals surface area contributed by atoms with E-state index < -0.39 is 0 Å². The Hall–Kier alpha value is -2.40. The lowest BCUT2D eigenvalue weighted by Crippen LogP contribution is -2.23. The molecule has 2 rings (SSSR count). The molecule has 0 saturated carbocycles. The van der Waals surface area contributed by atoms with Gasteiger partial charge in [0, 0.05) is 29.5 Å². The topological polar surface area (TPSA) is 53.6 Å². The van der Waals surface area contributed by atoms with Crippen LogP contribution in [0.3, 0.4) is 0 Å². The average molecular weight is 362 g/mol. The molecule has 5 nitrogen and oxygen atoms in total. The Kier molecular flexibility index (Phi) is 6.95. The van der Waals surface area contributed by atoms with Crippen molar-refractivity contribution in [2.45, 2.75) is 13.8 Å². The van der Waals surface area contributed by atoms with Crippen molar-refractivity contribution in [3.63, 3.8) is 0 Å². The molecule has 2 N–H and O–H groups in total. The van der Waals surface area contributed by atoms with Crippen LogP contribution in [0.2, 0.25) is 5.02 Å². The lowest BCUT2D eigenvalue weighted by molar-refractivity contribution is -0.114. The third kappa shape index (κ3) is 5.29. The second-order valence-corrected chi connectivity index (χ2v) is 5.90. The average Bonchev–Trinajstić information content (AvgIpc) is 2.62. The summed E-state index contributed by atoms with van der Waals surface area (Å²) in [4.78, 5) is 14.4. The number of carbonyl (C=O) groups excluding carboxylic acids is 1.